The van der Waals surface area contributed by atoms with E-state index in [2.05, 4.69) is 18.6 Å². The van der Waals surface area contributed by atoms with Gasteiger partial charge < -0.3 is 4.74 Å². The van der Waals surface area contributed by atoms with Gasteiger partial charge in [-0.25, -0.2) is 4.79 Å². The molecule has 0 aromatic heterocycles. The van der Waals surface area contributed by atoms with Gasteiger partial charge in [-0.3, -0.25) is 0 Å². The zero-order valence-corrected chi connectivity index (χ0v) is 8.67. The lowest BCUT2D eigenvalue weighted by molar-refractivity contribution is -0.134. The van der Waals surface area contributed by atoms with E-state index in [1.54, 1.807) is 6.08 Å². The lowest BCUT2D eigenvalue weighted by Gasteiger charge is -2.26. The van der Waals surface area contributed by atoms with E-state index in [1.165, 1.54) is 25.5 Å². The van der Waals surface area contributed by atoms with Gasteiger partial charge in [0.05, 0.1) is 7.11 Å². The number of carbonyl (C=O) groups excluding carboxylic acids is 1. The monoisotopic (exact) mass is 182 g/mol. The third-order valence-corrected chi connectivity index (χ3v) is 2.81. The molecule has 0 amide bonds. The fourth-order valence-electron chi connectivity index (χ4n) is 1.84. The highest BCUT2D eigenvalue weighted by molar-refractivity contribution is 5.82. The summed E-state index contributed by atoms with van der Waals surface area (Å²) in [5.74, 6) is 1.05. The normalized spacial score (nSPS) is 31.8. The smallest absolute Gasteiger partial charge is 0.330 e. The van der Waals surface area contributed by atoms with Crippen molar-refractivity contribution >= 4 is 5.97 Å². The van der Waals surface area contributed by atoms with Crippen LogP contribution in [0.15, 0.2) is 11.6 Å². The molecule has 0 heterocycles. The van der Waals surface area contributed by atoms with Crippen molar-refractivity contribution in [1.29, 1.82) is 0 Å². The van der Waals surface area contributed by atoms with Crippen LogP contribution in [0.4, 0.5) is 0 Å². The molecule has 1 rings (SSSR count). The summed E-state index contributed by atoms with van der Waals surface area (Å²) >= 11 is 0. The number of hydrogen-bond acceptors (Lipinski definition) is 2. The fraction of sp³-hybridized carbons (Fsp3) is 0.727. The first-order valence-corrected chi connectivity index (χ1v) is 4.92. The van der Waals surface area contributed by atoms with Crippen LogP contribution in [0.25, 0.3) is 0 Å². The van der Waals surface area contributed by atoms with Gasteiger partial charge in [0.2, 0.25) is 0 Å². The van der Waals surface area contributed by atoms with E-state index >= 15 is 0 Å². The second-order valence-electron chi connectivity index (χ2n) is 4.03. The van der Waals surface area contributed by atoms with Crippen LogP contribution in [0.2, 0.25) is 0 Å². The van der Waals surface area contributed by atoms with Crippen LogP contribution in [0.1, 0.15) is 33.1 Å². The predicted octanol–water partition coefficient (Wildman–Crippen LogP) is 2.54. The first-order chi connectivity index (χ1) is 6.13. The first kappa shape index (κ1) is 10.3. The molecule has 2 nitrogen and oxygen atoms in total. The topological polar surface area (TPSA) is 26.3 Å². The third-order valence-electron chi connectivity index (χ3n) is 2.81. The van der Waals surface area contributed by atoms with E-state index in [0.29, 0.717) is 11.8 Å². The summed E-state index contributed by atoms with van der Waals surface area (Å²) in [5, 5.41) is 0. The second-order valence-corrected chi connectivity index (χ2v) is 4.03. The molecule has 0 aliphatic heterocycles. The number of rotatable bonds is 1. The highest BCUT2D eigenvalue weighted by Crippen LogP contribution is 2.32. The molecule has 0 aromatic carbocycles. The zero-order chi connectivity index (χ0) is 9.84. The summed E-state index contributed by atoms with van der Waals surface area (Å²) in [4.78, 5) is 11.0. The molecule has 0 N–H and O–H groups in total. The van der Waals surface area contributed by atoms with Crippen molar-refractivity contribution in [2.45, 2.75) is 33.1 Å². The van der Waals surface area contributed by atoms with Crippen LogP contribution in [-0.4, -0.2) is 13.1 Å². The number of methoxy groups -OCH3 is 1. The van der Waals surface area contributed by atoms with Crippen LogP contribution < -0.4 is 0 Å². The summed E-state index contributed by atoms with van der Waals surface area (Å²) in [7, 11) is 1.43. The van der Waals surface area contributed by atoms with Crippen molar-refractivity contribution in [1.82, 2.24) is 0 Å². The molecule has 1 aliphatic carbocycles. The molecule has 74 valence electrons. The summed E-state index contributed by atoms with van der Waals surface area (Å²) in [5.41, 5.74) is 1.26. The maximum absolute atomic E-state index is 11.0. The highest BCUT2D eigenvalue weighted by Gasteiger charge is 2.20. The van der Waals surface area contributed by atoms with Crippen molar-refractivity contribution in [2.24, 2.45) is 11.8 Å². The number of hydrogen-bond donors (Lipinski definition) is 0. The van der Waals surface area contributed by atoms with Crippen LogP contribution >= 0.6 is 0 Å². The largest absolute Gasteiger partial charge is 0.466 e. The summed E-state index contributed by atoms with van der Waals surface area (Å²) in [6.45, 7) is 4.41. The molecule has 0 spiro atoms. The van der Waals surface area contributed by atoms with Gasteiger partial charge in [-0.1, -0.05) is 19.4 Å². The molecule has 2 unspecified atom stereocenters. The fourth-order valence-corrected chi connectivity index (χ4v) is 1.84. The number of allylic oxidation sites excluding steroid dienone is 1. The Kier molecular flexibility index (Phi) is 3.52. The lowest BCUT2D eigenvalue weighted by Crippen LogP contribution is -2.14. The Morgan fingerprint density at radius 3 is 2.77 bits per heavy atom. The van der Waals surface area contributed by atoms with Crippen molar-refractivity contribution in [3.05, 3.63) is 11.6 Å². The van der Waals surface area contributed by atoms with Gasteiger partial charge in [0.1, 0.15) is 0 Å². The van der Waals surface area contributed by atoms with Gasteiger partial charge in [-0.05, 0) is 31.1 Å². The quantitative estimate of drug-likeness (QED) is 0.460. The average Bonchev–Trinajstić information content (AvgIpc) is 2.11. The standard InChI is InChI=1S/C11H18O2/c1-8-4-5-9(2)10(6-8)7-11(12)13-3/h7-9H,4-6H2,1-3H3/b10-7-. The third kappa shape index (κ3) is 2.87. The summed E-state index contributed by atoms with van der Waals surface area (Å²) in [6.07, 6.45) is 5.19. The zero-order valence-electron chi connectivity index (χ0n) is 8.67. The van der Waals surface area contributed by atoms with Gasteiger partial charge in [0.15, 0.2) is 0 Å². The molecule has 0 saturated heterocycles. The molecule has 13 heavy (non-hydrogen) atoms. The van der Waals surface area contributed by atoms with Crippen LogP contribution in [0.5, 0.6) is 0 Å². The molecule has 0 radical (unpaired) electrons. The van der Waals surface area contributed by atoms with Gasteiger partial charge in [-0.2, -0.15) is 0 Å². The summed E-state index contributed by atoms with van der Waals surface area (Å²) in [6, 6.07) is 0. The van der Waals surface area contributed by atoms with Crippen LogP contribution in [-0.2, 0) is 9.53 Å². The van der Waals surface area contributed by atoms with Gasteiger partial charge in [-0.15, -0.1) is 0 Å². The second kappa shape index (κ2) is 4.45. The molecular formula is C11H18O2. The predicted molar refractivity (Wildman–Crippen MR) is 52.3 cm³/mol. The minimum atomic E-state index is -0.212. The number of carbonyl (C=O) groups is 1. The number of ether oxygens (including phenoxy) is 1. The Morgan fingerprint density at radius 2 is 2.15 bits per heavy atom. The lowest BCUT2D eigenvalue weighted by atomic mass is 9.80. The Labute approximate surface area is 80.0 Å². The molecule has 0 aromatic rings. The Morgan fingerprint density at radius 1 is 1.46 bits per heavy atom. The Balaban J connectivity index is 2.65. The molecule has 1 aliphatic rings. The molecule has 2 atom stereocenters. The van der Waals surface area contributed by atoms with Gasteiger partial charge in [0, 0.05) is 6.08 Å². The van der Waals surface area contributed by atoms with E-state index in [0.717, 1.165) is 6.42 Å². The molecule has 2 heteroatoms. The average molecular weight is 182 g/mol. The van der Waals surface area contributed by atoms with Crippen molar-refractivity contribution in [3.8, 4) is 0 Å². The minimum absolute atomic E-state index is 0.212. The van der Waals surface area contributed by atoms with E-state index < -0.39 is 0 Å². The van der Waals surface area contributed by atoms with Crippen molar-refractivity contribution in [2.75, 3.05) is 7.11 Å². The van der Waals surface area contributed by atoms with Crippen molar-refractivity contribution in [3.63, 3.8) is 0 Å². The maximum atomic E-state index is 11.0. The minimum Gasteiger partial charge on any atom is -0.466 e. The van der Waals surface area contributed by atoms with E-state index in [-0.39, 0.29) is 5.97 Å². The van der Waals surface area contributed by atoms with Crippen LogP contribution in [0.3, 0.4) is 0 Å². The highest BCUT2D eigenvalue weighted by atomic mass is 16.5. The molecule has 1 fully saturated rings. The van der Waals surface area contributed by atoms with E-state index in [4.69, 9.17) is 0 Å². The molecule has 1 saturated carbocycles. The molecular weight excluding hydrogens is 164 g/mol. The van der Waals surface area contributed by atoms with Gasteiger partial charge >= 0.3 is 5.97 Å². The van der Waals surface area contributed by atoms with E-state index in [1.807, 2.05) is 0 Å². The number of esters is 1. The summed E-state index contributed by atoms with van der Waals surface area (Å²) < 4.78 is 4.62. The van der Waals surface area contributed by atoms with Gasteiger partial charge in [0.25, 0.3) is 0 Å². The molecule has 0 bridgehead atoms. The Bertz CT molecular complexity index is 218. The first-order valence-electron chi connectivity index (χ1n) is 4.92. The maximum Gasteiger partial charge on any atom is 0.330 e. The SMILES string of the molecule is COC(=O)/C=C1/CC(C)CCC1C. The van der Waals surface area contributed by atoms with Crippen LogP contribution in [0, 0.1) is 11.8 Å². The van der Waals surface area contributed by atoms with Crippen molar-refractivity contribution < 1.29 is 9.53 Å². The Hall–Kier alpha value is -0.790. The van der Waals surface area contributed by atoms with E-state index in [9.17, 15) is 4.79 Å².